The first-order valence-corrected chi connectivity index (χ1v) is 12.6. The Morgan fingerprint density at radius 2 is 1.37 bits per heavy atom. The highest BCUT2D eigenvalue weighted by Gasteiger charge is 2.74. The van der Waals surface area contributed by atoms with Crippen molar-refractivity contribution in [2.75, 3.05) is 12.0 Å². The first-order chi connectivity index (χ1) is 18.1. The van der Waals surface area contributed by atoms with E-state index in [1.807, 2.05) is 24.3 Å². The maximum atomic E-state index is 14.0. The molecule has 2 fully saturated rings. The maximum absolute atomic E-state index is 14.0. The molecule has 1 aliphatic carbocycles. The lowest BCUT2D eigenvalue weighted by atomic mass is 9.77. The van der Waals surface area contributed by atoms with Crippen LogP contribution in [0.15, 0.2) is 72.8 Å². The summed E-state index contributed by atoms with van der Waals surface area (Å²) in [4.78, 5) is 56.8. The fourth-order valence-electron chi connectivity index (χ4n) is 5.98. The number of amides is 2. The van der Waals surface area contributed by atoms with Crippen molar-refractivity contribution in [2.24, 2.45) is 11.8 Å². The van der Waals surface area contributed by atoms with Crippen molar-refractivity contribution in [1.82, 2.24) is 0 Å². The molecule has 3 atom stereocenters. The number of methoxy groups -OCH3 is 1. The molecule has 0 bridgehead atoms. The molecule has 38 heavy (non-hydrogen) atoms. The first kappa shape index (κ1) is 24.2. The molecule has 3 aliphatic rings. The van der Waals surface area contributed by atoms with E-state index < -0.39 is 46.9 Å². The van der Waals surface area contributed by atoms with Crippen molar-refractivity contribution in [2.45, 2.75) is 37.9 Å². The van der Waals surface area contributed by atoms with E-state index in [9.17, 15) is 19.2 Å². The molecule has 6 rings (SSSR count). The van der Waals surface area contributed by atoms with Gasteiger partial charge in [0.25, 0.3) is 0 Å². The van der Waals surface area contributed by atoms with Gasteiger partial charge in [-0.2, -0.15) is 0 Å². The maximum Gasteiger partial charge on any atom is 0.241 e. The third kappa shape index (κ3) is 3.18. The van der Waals surface area contributed by atoms with Crippen LogP contribution >= 0.6 is 0 Å². The number of benzene rings is 3. The molecular weight excluding hydrogens is 482 g/mol. The third-order valence-corrected chi connectivity index (χ3v) is 7.95. The van der Waals surface area contributed by atoms with Crippen LogP contribution in [-0.4, -0.2) is 36.1 Å². The van der Waals surface area contributed by atoms with Gasteiger partial charge in [-0.1, -0.05) is 69.3 Å². The van der Waals surface area contributed by atoms with Gasteiger partial charge in [-0.25, -0.2) is 4.90 Å². The summed E-state index contributed by atoms with van der Waals surface area (Å²) < 4.78 is 11.6. The molecule has 192 valence electrons. The number of fused-ring (bicyclic) bond motifs is 3. The fourth-order valence-corrected chi connectivity index (χ4v) is 5.98. The number of hydrogen-bond donors (Lipinski definition) is 0. The Hall–Kier alpha value is -4.10. The average molecular weight is 510 g/mol. The molecule has 1 spiro atoms. The zero-order valence-electron chi connectivity index (χ0n) is 21.6. The summed E-state index contributed by atoms with van der Waals surface area (Å²) in [6.07, 6.45) is -0.948. The van der Waals surface area contributed by atoms with Gasteiger partial charge in [0.1, 0.15) is 5.75 Å². The molecule has 0 N–H and O–H groups in total. The molecule has 2 heterocycles. The summed E-state index contributed by atoms with van der Waals surface area (Å²) in [6.45, 7) is 6.29. The number of carbonyl (C=O) groups is 4. The molecule has 3 unspecified atom stereocenters. The monoisotopic (exact) mass is 509 g/mol. The number of rotatable bonds is 3. The lowest BCUT2D eigenvalue weighted by molar-refractivity contribution is -0.127. The van der Waals surface area contributed by atoms with Crippen LogP contribution in [-0.2, 0) is 19.7 Å². The van der Waals surface area contributed by atoms with Crippen LogP contribution in [0.1, 0.15) is 58.7 Å². The van der Waals surface area contributed by atoms with E-state index in [4.69, 9.17) is 9.47 Å². The predicted molar refractivity (Wildman–Crippen MR) is 139 cm³/mol. The second-order valence-electron chi connectivity index (χ2n) is 11.1. The lowest BCUT2D eigenvalue weighted by Crippen LogP contribution is -2.51. The SMILES string of the molecule is COc1ccc(N2C(=O)C3C(c4ccc(C(C)(C)C)cc4)OC4(C(=O)c5ccccc5C4=O)C3C2=O)cc1. The van der Waals surface area contributed by atoms with Crippen LogP contribution in [0.4, 0.5) is 5.69 Å². The van der Waals surface area contributed by atoms with Gasteiger partial charge in [0.15, 0.2) is 0 Å². The van der Waals surface area contributed by atoms with E-state index in [-0.39, 0.29) is 16.5 Å². The van der Waals surface area contributed by atoms with E-state index in [1.165, 1.54) is 7.11 Å². The van der Waals surface area contributed by atoms with Gasteiger partial charge in [-0.15, -0.1) is 0 Å². The van der Waals surface area contributed by atoms with E-state index in [0.29, 0.717) is 17.0 Å². The van der Waals surface area contributed by atoms with Gasteiger partial charge in [0.05, 0.1) is 30.7 Å². The Morgan fingerprint density at radius 1 is 0.789 bits per heavy atom. The minimum absolute atomic E-state index is 0.0951. The highest BCUT2D eigenvalue weighted by molar-refractivity contribution is 6.37. The highest BCUT2D eigenvalue weighted by Crippen LogP contribution is 2.57. The Labute approximate surface area is 220 Å². The lowest BCUT2D eigenvalue weighted by Gasteiger charge is -2.27. The number of imide groups is 1. The molecule has 3 aromatic carbocycles. The van der Waals surface area contributed by atoms with Crippen LogP contribution in [0.3, 0.4) is 0 Å². The summed E-state index contributed by atoms with van der Waals surface area (Å²) in [5.74, 6) is -4.00. The standard InChI is InChI=1S/C31H27NO6/c1-30(2,3)18-11-9-17(10-12-18)25-23-24(29(36)32(28(23)35)19-13-15-20(37-4)16-14-19)31(38-25)26(33)21-7-5-6-8-22(21)27(31)34/h5-16,23-25H,1-4H3. The molecule has 2 amide bonds. The van der Waals surface area contributed by atoms with Gasteiger partial charge in [0, 0.05) is 11.1 Å². The zero-order chi connectivity index (χ0) is 27.0. The third-order valence-electron chi connectivity index (χ3n) is 7.95. The van der Waals surface area contributed by atoms with E-state index in [0.717, 1.165) is 10.5 Å². The van der Waals surface area contributed by atoms with Gasteiger partial charge in [0.2, 0.25) is 29.0 Å². The Balaban J connectivity index is 1.50. The summed E-state index contributed by atoms with van der Waals surface area (Å²) in [6, 6.07) is 20.6. The largest absolute Gasteiger partial charge is 0.497 e. The molecule has 2 saturated heterocycles. The van der Waals surface area contributed by atoms with Gasteiger partial charge in [-0.05, 0) is 40.8 Å². The molecule has 0 radical (unpaired) electrons. The Bertz CT molecular complexity index is 1460. The first-order valence-electron chi connectivity index (χ1n) is 12.6. The molecular formula is C31H27NO6. The van der Waals surface area contributed by atoms with Crippen molar-refractivity contribution in [1.29, 1.82) is 0 Å². The van der Waals surface area contributed by atoms with Gasteiger partial charge in [-0.3, -0.25) is 19.2 Å². The van der Waals surface area contributed by atoms with Crippen LogP contribution < -0.4 is 9.64 Å². The van der Waals surface area contributed by atoms with Crippen LogP contribution in [0, 0.1) is 11.8 Å². The number of hydrogen-bond acceptors (Lipinski definition) is 6. The van der Waals surface area contributed by atoms with Crippen molar-refractivity contribution in [3.63, 3.8) is 0 Å². The second kappa shape index (κ2) is 8.20. The van der Waals surface area contributed by atoms with Gasteiger partial charge >= 0.3 is 0 Å². The zero-order valence-corrected chi connectivity index (χ0v) is 21.6. The number of ether oxygens (including phenoxy) is 2. The van der Waals surface area contributed by atoms with E-state index in [1.54, 1.807) is 48.5 Å². The van der Waals surface area contributed by atoms with Crippen molar-refractivity contribution in [3.8, 4) is 5.75 Å². The molecule has 0 saturated carbocycles. The second-order valence-corrected chi connectivity index (χ2v) is 11.1. The quantitative estimate of drug-likeness (QED) is 0.376. The number of Topliss-reactive ketones (excluding diaryl/α,β-unsaturated/α-hetero) is 2. The molecule has 7 heteroatoms. The minimum Gasteiger partial charge on any atom is -0.497 e. The fraction of sp³-hybridized carbons (Fsp3) is 0.290. The van der Waals surface area contributed by atoms with Crippen LogP contribution in [0.25, 0.3) is 0 Å². The van der Waals surface area contributed by atoms with E-state index in [2.05, 4.69) is 20.8 Å². The Morgan fingerprint density at radius 3 is 1.89 bits per heavy atom. The highest BCUT2D eigenvalue weighted by atomic mass is 16.5. The number of carbonyl (C=O) groups excluding carboxylic acids is 4. The van der Waals surface area contributed by atoms with Crippen molar-refractivity contribution < 1.29 is 28.7 Å². The summed E-state index contributed by atoms with van der Waals surface area (Å²) in [7, 11) is 1.52. The topological polar surface area (TPSA) is 90.0 Å². The predicted octanol–water partition coefficient (Wildman–Crippen LogP) is 4.69. The van der Waals surface area contributed by atoms with E-state index >= 15 is 0 Å². The minimum atomic E-state index is -2.09. The summed E-state index contributed by atoms with van der Waals surface area (Å²) in [5, 5.41) is 0. The smallest absolute Gasteiger partial charge is 0.241 e. The Kier molecular flexibility index (Phi) is 5.23. The molecule has 0 aromatic heterocycles. The van der Waals surface area contributed by atoms with Crippen LogP contribution in [0.2, 0.25) is 0 Å². The summed E-state index contributed by atoms with van der Waals surface area (Å²) in [5.41, 5.74) is 0.310. The number of nitrogens with zero attached hydrogens (tertiary/aromatic N) is 1. The normalized spacial score (nSPS) is 23.8. The molecule has 3 aromatic rings. The number of ketones is 2. The van der Waals surface area contributed by atoms with Crippen molar-refractivity contribution in [3.05, 3.63) is 95.1 Å². The average Bonchev–Trinajstić information content (AvgIpc) is 3.48. The van der Waals surface area contributed by atoms with Crippen LogP contribution in [0.5, 0.6) is 5.75 Å². The number of anilines is 1. The van der Waals surface area contributed by atoms with Gasteiger partial charge < -0.3 is 9.47 Å². The molecule has 2 aliphatic heterocycles. The van der Waals surface area contributed by atoms with Crippen molar-refractivity contribution >= 4 is 29.1 Å². The summed E-state index contributed by atoms with van der Waals surface area (Å²) >= 11 is 0. The molecule has 7 nitrogen and oxygen atoms in total.